The average Bonchev–Trinajstić information content (AvgIpc) is 3.32. The number of rotatable bonds is 0. The van der Waals surface area contributed by atoms with Gasteiger partial charge in [-0.2, -0.15) is 5.10 Å². The molecule has 0 aromatic carbocycles. The number of hydrogen-bond donors (Lipinski definition) is 2. The Morgan fingerprint density at radius 1 is 1.32 bits per heavy atom. The number of carbonyl (C=O) groups excluding carboxylic acids is 1. The molecule has 0 unspecified atom stereocenters. The molecule has 28 heavy (non-hydrogen) atoms. The quantitative estimate of drug-likeness (QED) is 0.617. The van der Waals surface area contributed by atoms with Crippen molar-refractivity contribution in [2.24, 2.45) is 0 Å². The van der Waals surface area contributed by atoms with E-state index in [1.54, 1.807) is 16.9 Å². The minimum absolute atomic E-state index is 0.0926. The number of halogens is 1. The predicted molar refractivity (Wildman–Crippen MR) is 99.0 cm³/mol. The molecule has 2 bridgehead atoms. The summed E-state index contributed by atoms with van der Waals surface area (Å²) in [6.45, 7) is 1.27. The summed E-state index contributed by atoms with van der Waals surface area (Å²) in [5, 5.41) is 9.70. The van der Waals surface area contributed by atoms with E-state index in [9.17, 15) is 9.18 Å². The van der Waals surface area contributed by atoms with Crippen LogP contribution in [0.4, 0.5) is 20.7 Å². The molecule has 1 fully saturated rings. The molecule has 10 heteroatoms. The van der Waals surface area contributed by atoms with Crippen LogP contribution >= 0.6 is 0 Å². The molecule has 5 heterocycles. The summed E-state index contributed by atoms with van der Waals surface area (Å²) < 4.78 is 21.3. The van der Waals surface area contributed by atoms with E-state index in [1.165, 1.54) is 6.07 Å². The summed E-state index contributed by atoms with van der Waals surface area (Å²) in [5.74, 6) is 0.698. The lowest BCUT2D eigenvalue weighted by Crippen LogP contribution is -2.32. The van der Waals surface area contributed by atoms with Crippen molar-refractivity contribution in [2.75, 3.05) is 29.9 Å². The third-order valence-corrected chi connectivity index (χ3v) is 4.98. The maximum Gasteiger partial charge on any atom is 0.319 e. The van der Waals surface area contributed by atoms with E-state index in [1.807, 2.05) is 6.07 Å². The number of hydrogen-bond acceptors (Lipinski definition) is 6. The molecule has 2 amide bonds. The highest BCUT2D eigenvalue weighted by Gasteiger charge is 2.31. The Labute approximate surface area is 159 Å². The van der Waals surface area contributed by atoms with E-state index in [4.69, 9.17) is 9.72 Å². The van der Waals surface area contributed by atoms with Crippen LogP contribution in [0, 0.1) is 5.82 Å². The van der Waals surface area contributed by atoms with Crippen molar-refractivity contribution in [3.63, 3.8) is 0 Å². The van der Waals surface area contributed by atoms with Gasteiger partial charge in [0.1, 0.15) is 23.9 Å². The van der Waals surface area contributed by atoms with Crippen LogP contribution < -0.4 is 20.3 Å². The van der Waals surface area contributed by atoms with Gasteiger partial charge in [0.25, 0.3) is 0 Å². The molecule has 3 aromatic heterocycles. The number of carbonyl (C=O) groups is 1. The zero-order valence-corrected chi connectivity index (χ0v) is 14.9. The van der Waals surface area contributed by atoms with Gasteiger partial charge in [-0.05, 0) is 25.0 Å². The van der Waals surface area contributed by atoms with Crippen molar-refractivity contribution in [2.45, 2.75) is 18.9 Å². The fraction of sp³-hybridized carbons (Fsp3) is 0.333. The summed E-state index contributed by atoms with van der Waals surface area (Å²) in [5.41, 5.74) is 1.75. The van der Waals surface area contributed by atoms with Gasteiger partial charge in [-0.1, -0.05) is 0 Å². The van der Waals surface area contributed by atoms with Gasteiger partial charge in [0.15, 0.2) is 5.65 Å². The number of pyridine rings is 1. The molecule has 144 valence electrons. The van der Waals surface area contributed by atoms with Gasteiger partial charge in [0.2, 0.25) is 5.88 Å². The van der Waals surface area contributed by atoms with Crippen LogP contribution in [-0.4, -0.2) is 45.3 Å². The first-order valence-electron chi connectivity index (χ1n) is 9.13. The number of anilines is 2. The maximum absolute atomic E-state index is 14.0. The first kappa shape index (κ1) is 16.7. The van der Waals surface area contributed by atoms with E-state index in [2.05, 4.69) is 25.6 Å². The molecule has 9 nitrogen and oxygen atoms in total. The molecule has 1 saturated heterocycles. The zero-order valence-electron chi connectivity index (χ0n) is 14.9. The van der Waals surface area contributed by atoms with E-state index < -0.39 is 5.82 Å². The molecule has 1 atom stereocenters. The molecule has 3 aromatic rings. The van der Waals surface area contributed by atoms with Crippen LogP contribution in [0.2, 0.25) is 0 Å². The van der Waals surface area contributed by atoms with E-state index >= 15 is 0 Å². The molecule has 0 saturated carbocycles. The highest BCUT2D eigenvalue weighted by Crippen LogP contribution is 2.39. The van der Waals surface area contributed by atoms with Gasteiger partial charge in [-0.3, -0.25) is 0 Å². The van der Waals surface area contributed by atoms with Crippen molar-refractivity contribution in [1.29, 1.82) is 0 Å². The van der Waals surface area contributed by atoms with Crippen LogP contribution in [0.1, 0.15) is 24.4 Å². The third kappa shape index (κ3) is 2.86. The highest BCUT2D eigenvalue weighted by atomic mass is 19.1. The van der Waals surface area contributed by atoms with Crippen LogP contribution in [0.3, 0.4) is 0 Å². The van der Waals surface area contributed by atoms with Crippen LogP contribution in [0.5, 0.6) is 5.88 Å². The summed E-state index contributed by atoms with van der Waals surface area (Å²) in [6, 6.07) is 2.86. The monoisotopic (exact) mass is 383 g/mol. The number of nitrogens with one attached hydrogen (secondary N) is 2. The number of aromatic nitrogens is 4. The fourth-order valence-corrected chi connectivity index (χ4v) is 3.75. The lowest BCUT2D eigenvalue weighted by Gasteiger charge is -2.27. The Morgan fingerprint density at radius 2 is 2.25 bits per heavy atom. The Balaban J connectivity index is 1.64. The first-order chi connectivity index (χ1) is 13.7. The lowest BCUT2D eigenvalue weighted by molar-refractivity contribution is 0.246. The number of amides is 2. The fourth-order valence-electron chi connectivity index (χ4n) is 3.75. The summed E-state index contributed by atoms with van der Waals surface area (Å²) in [7, 11) is 0. The van der Waals surface area contributed by atoms with Crippen LogP contribution in [0.15, 0.2) is 30.7 Å². The molecule has 0 spiro atoms. The second kappa shape index (κ2) is 6.63. The molecule has 0 aliphatic carbocycles. The highest BCUT2D eigenvalue weighted by molar-refractivity contribution is 5.93. The Kier molecular flexibility index (Phi) is 3.96. The second-order valence-corrected chi connectivity index (χ2v) is 6.74. The smallest absolute Gasteiger partial charge is 0.319 e. The van der Waals surface area contributed by atoms with Crippen molar-refractivity contribution in [3.8, 4) is 5.88 Å². The largest absolute Gasteiger partial charge is 0.476 e. The van der Waals surface area contributed by atoms with Crippen molar-refractivity contribution < 1.29 is 13.9 Å². The SMILES string of the molecule is O=C1NCCOc2ncc(F)cc2[C@H]2CCCN2c2ccn3ncc(c3n2)N1. The van der Waals surface area contributed by atoms with Gasteiger partial charge in [-0.25, -0.2) is 23.7 Å². The second-order valence-electron chi connectivity index (χ2n) is 6.74. The van der Waals surface area contributed by atoms with Gasteiger partial charge < -0.3 is 20.3 Å². The number of fused-ring (bicyclic) bond motifs is 5. The standard InChI is InChI=1S/C18H18FN7O2/c19-11-8-12-14-2-1-5-25(14)15-3-6-26-16(24-15)13(10-22-26)23-18(27)20-4-7-28-17(12)21-9-11/h3,6,8-10,14H,1-2,4-5,7H2,(H2,20,23,27)/t14-/m1/s1. The average molecular weight is 383 g/mol. The van der Waals surface area contributed by atoms with E-state index in [-0.39, 0.29) is 25.2 Å². The third-order valence-electron chi connectivity index (χ3n) is 4.98. The van der Waals surface area contributed by atoms with Gasteiger partial charge in [-0.15, -0.1) is 0 Å². The number of nitrogens with zero attached hydrogens (tertiary/aromatic N) is 5. The van der Waals surface area contributed by atoms with E-state index in [0.29, 0.717) is 22.8 Å². The molecular formula is C18H18FN7O2. The van der Waals surface area contributed by atoms with Crippen LogP contribution in [-0.2, 0) is 0 Å². The van der Waals surface area contributed by atoms with Gasteiger partial charge >= 0.3 is 6.03 Å². The summed E-state index contributed by atoms with van der Waals surface area (Å²) in [6.07, 6.45) is 6.28. The van der Waals surface area contributed by atoms with E-state index in [0.717, 1.165) is 31.4 Å². The minimum Gasteiger partial charge on any atom is -0.476 e. The Morgan fingerprint density at radius 3 is 3.18 bits per heavy atom. The van der Waals surface area contributed by atoms with Gasteiger partial charge in [0.05, 0.1) is 25.0 Å². The molecule has 2 aliphatic rings. The Bertz CT molecular complexity index is 1050. The number of urea groups is 1. The predicted octanol–water partition coefficient (Wildman–Crippen LogP) is 2.12. The van der Waals surface area contributed by atoms with Gasteiger partial charge in [0, 0.05) is 18.3 Å². The Hall–Kier alpha value is -3.43. The molecule has 0 radical (unpaired) electrons. The van der Waals surface area contributed by atoms with Crippen molar-refractivity contribution in [1.82, 2.24) is 24.9 Å². The lowest BCUT2D eigenvalue weighted by atomic mass is 10.1. The van der Waals surface area contributed by atoms with Crippen molar-refractivity contribution >= 4 is 23.2 Å². The van der Waals surface area contributed by atoms with Crippen molar-refractivity contribution in [3.05, 3.63) is 42.1 Å². The normalized spacial score (nSPS) is 19.4. The molecule has 2 aliphatic heterocycles. The molecule has 5 rings (SSSR count). The minimum atomic E-state index is -0.408. The topological polar surface area (TPSA) is 96.7 Å². The maximum atomic E-state index is 14.0. The summed E-state index contributed by atoms with van der Waals surface area (Å²) >= 11 is 0. The zero-order chi connectivity index (χ0) is 19.1. The number of ether oxygens (including phenoxy) is 1. The molecule has 2 N–H and O–H groups in total. The molecular weight excluding hydrogens is 365 g/mol. The van der Waals surface area contributed by atoms with Crippen LogP contribution in [0.25, 0.3) is 5.65 Å². The summed E-state index contributed by atoms with van der Waals surface area (Å²) in [4.78, 5) is 23.1. The first-order valence-corrected chi connectivity index (χ1v) is 9.13.